The summed E-state index contributed by atoms with van der Waals surface area (Å²) in [6.07, 6.45) is 3.61. The minimum Gasteiger partial charge on any atom is -0.496 e. The van der Waals surface area contributed by atoms with Crippen LogP contribution in [0.2, 0.25) is 5.02 Å². The Morgan fingerprint density at radius 3 is 2.54 bits per heavy atom. The second-order valence-corrected chi connectivity index (χ2v) is 5.77. The Kier molecular flexibility index (Phi) is 3.67. The van der Waals surface area contributed by atoms with E-state index >= 15 is 0 Å². The normalized spacial score (nSPS) is 10.9. The van der Waals surface area contributed by atoms with Gasteiger partial charge in [0, 0.05) is 22.3 Å². The van der Waals surface area contributed by atoms with Gasteiger partial charge < -0.3 is 4.74 Å². The lowest BCUT2D eigenvalue weighted by atomic mass is 10.1. The maximum absolute atomic E-state index is 5.98. The lowest BCUT2D eigenvalue weighted by molar-refractivity contribution is 0.416. The molecule has 0 aliphatic carbocycles. The molecule has 0 aliphatic rings. The number of aromatic nitrogens is 3. The second kappa shape index (κ2) is 5.98. The number of para-hydroxylation sites is 1. The third-order valence-electron chi connectivity index (χ3n) is 3.94. The number of nitrogens with zero attached hydrogens (tertiary/aromatic N) is 3. The highest BCUT2D eigenvalue weighted by Gasteiger charge is 2.14. The fourth-order valence-corrected chi connectivity index (χ4v) is 2.91. The van der Waals surface area contributed by atoms with E-state index in [9.17, 15) is 0 Å². The third-order valence-corrected chi connectivity index (χ3v) is 4.19. The monoisotopic (exact) mass is 335 g/mol. The molecule has 0 atom stereocenters. The highest BCUT2D eigenvalue weighted by molar-refractivity contribution is 6.30. The van der Waals surface area contributed by atoms with E-state index in [0.29, 0.717) is 5.02 Å². The van der Waals surface area contributed by atoms with E-state index in [0.717, 1.165) is 33.8 Å². The molecule has 118 valence electrons. The molecule has 0 radical (unpaired) electrons. The van der Waals surface area contributed by atoms with E-state index < -0.39 is 0 Å². The van der Waals surface area contributed by atoms with Crippen LogP contribution in [0.25, 0.3) is 28.0 Å². The van der Waals surface area contributed by atoms with Crippen molar-refractivity contribution in [3.8, 4) is 28.1 Å². The molecule has 0 saturated heterocycles. The summed E-state index contributed by atoms with van der Waals surface area (Å²) in [5.74, 6) is 0.800. The zero-order chi connectivity index (χ0) is 16.5. The maximum Gasteiger partial charge on any atom is 0.163 e. The molecule has 2 aromatic carbocycles. The van der Waals surface area contributed by atoms with Crippen LogP contribution in [0.15, 0.2) is 67.0 Å². The van der Waals surface area contributed by atoms with E-state index in [1.54, 1.807) is 13.3 Å². The minimum atomic E-state index is 0.706. The smallest absolute Gasteiger partial charge is 0.163 e. The van der Waals surface area contributed by atoms with Crippen molar-refractivity contribution >= 4 is 17.2 Å². The fraction of sp³-hybridized carbons (Fsp3) is 0.0526. The number of fused-ring (bicyclic) bond motifs is 1. The molecular formula is C19H14ClN3O. The Hall–Kier alpha value is -2.85. The van der Waals surface area contributed by atoms with Gasteiger partial charge in [-0.1, -0.05) is 35.9 Å². The standard InChI is InChI=1S/C19H14ClN3O/c1-24-18-5-3-2-4-15(18)17-10-11-21-19-16(12-22-23(17)19)13-6-8-14(20)9-7-13/h2-12H,1H3. The van der Waals surface area contributed by atoms with Gasteiger partial charge in [0.05, 0.1) is 19.0 Å². The van der Waals surface area contributed by atoms with Gasteiger partial charge in [0.15, 0.2) is 5.65 Å². The van der Waals surface area contributed by atoms with Crippen LogP contribution in [-0.4, -0.2) is 21.7 Å². The summed E-state index contributed by atoms with van der Waals surface area (Å²) >= 11 is 5.98. The summed E-state index contributed by atoms with van der Waals surface area (Å²) in [5.41, 5.74) is 4.68. The van der Waals surface area contributed by atoms with Crippen molar-refractivity contribution < 1.29 is 4.74 Å². The van der Waals surface area contributed by atoms with Crippen LogP contribution in [0.3, 0.4) is 0 Å². The number of rotatable bonds is 3. The van der Waals surface area contributed by atoms with Crippen molar-refractivity contribution in [2.24, 2.45) is 0 Å². The van der Waals surface area contributed by atoms with Crippen molar-refractivity contribution in [3.05, 3.63) is 72.0 Å². The fourth-order valence-electron chi connectivity index (χ4n) is 2.78. The van der Waals surface area contributed by atoms with Crippen LogP contribution in [0.5, 0.6) is 5.75 Å². The molecule has 0 bridgehead atoms. The van der Waals surface area contributed by atoms with Crippen molar-refractivity contribution in [3.63, 3.8) is 0 Å². The SMILES string of the molecule is COc1ccccc1-c1ccnc2c(-c3ccc(Cl)cc3)cnn12. The van der Waals surface area contributed by atoms with Crippen molar-refractivity contribution in [1.82, 2.24) is 14.6 Å². The first-order valence-electron chi connectivity index (χ1n) is 7.50. The molecule has 2 heterocycles. The summed E-state index contributed by atoms with van der Waals surface area (Å²) in [6, 6.07) is 17.5. The van der Waals surface area contributed by atoms with Gasteiger partial charge in [-0.3, -0.25) is 0 Å². The van der Waals surface area contributed by atoms with Gasteiger partial charge in [-0.05, 0) is 35.9 Å². The van der Waals surface area contributed by atoms with Crippen molar-refractivity contribution in [1.29, 1.82) is 0 Å². The molecule has 2 aromatic heterocycles. The molecule has 4 rings (SSSR count). The van der Waals surface area contributed by atoms with Crippen LogP contribution in [0.1, 0.15) is 0 Å². The summed E-state index contributed by atoms with van der Waals surface area (Å²) in [7, 11) is 1.67. The first kappa shape index (κ1) is 14.7. The average molecular weight is 336 g/mol. The second-order valence-electron chi connectivity index (χ2n) is 5.33. The Morgan fingerprint density at radius 2 is 1.75 bits per heavy atom. The highest BCUT2D eigenvalue weighted by atomic mass is 35.5. The Labute approximate surface area is 144 Å². The van der Waals surface area contributed by atoms with E-state index in [-0.39, 0.29) is 0 Å². The third kappa shape index (κ3) is 2.41. The molecule has 0 fully saturated rings. The predicted octanol–water partition coefficient (Wildman–Crippen LogP) is 4.73. The quantitative estimate of drug-likeness (QED) is 0.543. The molecular weight excluding hydrogens is 322 g/mol. The van der Waals surface area contributed by atoms with Crippen LogP contribution in [-0.2, 0) is 0 Å². The van der Waals surface area contributed by atoms with Crippen LogP contribution in [0, 0.1) is 0 Å². The van der Waals surface area contributed by atoms with E-state index in [2.05, 4.69) is 10.1 Å². The largest absolute Gasteiger partial charge is 0.496 e. The highest BCUT2D eigenvalue weighted by Crippen LogP contribution is 2.32. The molecule has 0 amide bonds. The first-order valence-corrected chi connectivity index (χ1v) is 7.88. The Morgan fingerprint density at radius 1 is 0.958 bits per heavy atom. The molecule has 0 saturated carbocycles. The maximum atomic E-state index is 5.98. The zero-order valence-corrected chi connectivity index (χ0v) is 13.7. The molecule has 0 N–H and O–H groups in total. The number of methoxy groups -OCH3 is 1. The summed E-state index contributed by atoms with van der Waals surface area (Å²) in [5, 5.41) is 5.24. The van der Waals surface area contributed by atoms with Crippen LogP contribution >= 0.6 is 11.6 Å². The Balaban J connectivity index is 1.92. The number of benzene rings is 2. The van der Waals surface area contributed by atoms with Gasteiger partial charge in [-0.25, -0.2) is 9.50 Å². The number of hydrogen-bond donors (Lipinski definition) is 0. The molecule has 0 aliphatic heterocycles. The first-order chi connectivity index (χ1) is 11.8. The minimum absolute atomic E-state index is 0.706. The molecule has 24 heavy (non-hydrogen) atoms. The van der Waals surface area contributed by atoms with E-state index in [1.165, 1.54) is 0 Å². The number of halogens is 1. The molecule has 5 heteroatoms. The zero-order valence-electron chi connectivity index (χ0n) is 13.0. The van der Waals surface area contributed by atoms with Crippen molar-refractivity contribution in [2.75, 3.05) is 7.11 Å². The van der Waals surface area contributed by atoms with Gasteiger partial charge in [0.25, 0.3) is 0 Å². The summed E-state index contributed by atoms with van der Waals surface area (Å²) in [6.45, 7) is 0. The van der Waals surface area contributed by atoms with Gasteiger partial charge in [0.2, 0.25) is 0 Å². The number of hydrogen-bond acceptors (Lipinski definition) is 3. The Bertz CT molecular complexity index is 1010. The van der Waals surface area contributed by atoms with Crippen LogP contribution in [0.4, 0.5) is 0 Å². The summed E-state index contributed by atoms with van der Waals surface area (Å²) < 4.78 is 7.31. The van der Waals surface area contributed by atoms with Gasteiger partial charge in [-0.2, -0.15) is 5.10 Å². The predicted molar refractivity (Wildman–Crippen MR) is 95.4 cm³/mol. The molecule has 0 spiro atoms. The molecule has 0 unspecified atom stereocenters. The molecule has 4 nitrogen and oxygen atoms in total. The lowest BCUT2D eigenvalue weighted by Gasteiger charge is -2.09. The lowest BCUT2D eigenvalue weighted by Crippen LogP contribution is -1.97. The van der Waals surface area contributed by atoms with Gasteiger partial charge in [0.1, 0.15) is 5.75 Å². The van der Waals surface area contributed by atoms with E-state index in [4.69, 9.17) is 16.3 Å². The van der Waals surface area contributed by atoms with Gasteiger partial charge in [-0.15, -0.1) is 0 Å². The van der Waals surface area contributed by atoms with Gasteiger partial charge >= 0.3 is 0 Å². The average Bonchev–Trinajstić information content (AvgIpc) is 3.06. The van der Waals surface area contributed by atoms with E-state index in [1.807, 2.05) is 65.3 Å². The summed E-state index contributed by atoms with van der Waals surface area (Å²) in [4.78, 5) is 4.51. The topological polar surface area (TPSA) is 39.4 Å². The molecule has 4 aromatic rings. The van der Waals surface area contributed by atoms with Crippen molar-refractivity contribution in [2.45, 2.75) is 0 Å². The number of ether oxygens (including phenoxy) is 1. The van der Waals surface area contributed by atoms with Crippen LogP contribution < -0.4 is 4.74 Å².